The number of rotatable bonds is 8. The van der Waals surface area contributed by atoms with Crippen molar-refractivity contribution in [3.05, 3.63) is 57.1 Å². The number of carbonyl (C=O) groups excluding carboxylic acids is 1. The molecule has 150 valence electrons. The fraction of sp³-hybridized carbons (Fsp3) is 0.316. The zero-order chi connectivity index (χ0) is 20.8. The number of carbonyl (C=O) groups is 1. The number of halogens is 1. The molecule has 0 fully saturated rings. The highest BCUT2D eigenvalue weighted by Gasteiger charge is 2.22. The van der Waals surface area contributed by atoms with Crippen LogP contribution in [0, 0.1) is 10.1 Å². The van der Waals surface area contributed by atoms with Gasteiger partial charge in [0.15, 0.2) is 0 Å². The molecule has 2 aromatic carbocycles. The van der Waals surface area contributed by atoms with Gasteiger partial charge in [-0.25, -0.2) is 0 Å². The number of hydrogen-bond acceptors (Lipinski definition) is 6. The lowest BCUT2D eigenvalue weighted by atomic mass is 10.1. The van der Waals surface area contributed by atoms with Gasteiger partial charge in [0.2, 0.25) is 5.91 Å². The molecule has 0 aliphatic heterocycles. The number of hydrogen-bond donors (Lipinski definition) is 1. The number of anilines is 1. The number of amides is 1. The van der Waals surface area contributed by atoms with E-state index >= 15 is 0 Å². The molecule has 0 aliphatic carbocycles. The fourth-order valence-corrected chi connectivity index (χ4v) is 2.82. The lowest BCUT2D eigenvalue weighted by Gasteiger charge is -2.25. The number of ether oxygens (including phenoxy) is 2. The van der Waals surface area contributed by atoms with Crippen molar-refractivity contribution in [2.75, 3.05) is 26.6 Å². The zero-order valence-corrected chi connectivity index (χ0v) is 16.8. The van der Waals surface area contributed by atoms with Crippen molar-refractivity contribution in [1.82, 2.24) is 4.90 Å². The summed E-state index contributed by atoms with van der Waals surface area (Å²) in [5.74, 6) is 0.678. The summed E-state index contributed by atoms with van der Waals surface area (Å²) >= 11 is 6.06. The predicted molar refractivity (Wildman–Crippen MR) is 107 cm³/mol. The Morgan fingerprint density at radius 2 is 1.86 bits per heavy atom. The number of nitrogens with one attached hydrogen (secondary N) is 1. The molecule has 0 aromatic heterocycles. The molecular formula is C19H22ClN3O5. The summed E-state index contributed by atoms with van der Waals surface area (Å²) in [4.78, 5) is 25.0. The molecule has 1 amide bonds. The van der Waals surface area contributed by atoms with Crippen molar-refractivity contribution in [2.45, 2.75) is 19.5 Å². The molecule has 0 unspecified atom stereocenters. The summed E-state index contributed by atoms with van der Waals surface area (Å²) in [7, 11) is 4.78. The number of nitrogens with zero attached hydrogens (tertiary/aromatic N) is 2. The summed E-state index contributed by atoms with van der Waals surface area (Å²) in [5, 5.41) is 14.3. The monoisotopic (exact) mass is 407 g/mol. The van der Waals surface area contributed by atoms with E-state index in [-0.39, 0.29) is 17.3 Å². The van der Waals surface area contributed by atoms with Crippen LogP contribution in [0.3, 0.4) is 0 Å². The minimum atomic E-state index is -0.535. The Balaban J connectivity index is 2.15. The van der Waals surface area contributed by atoms with E-state index in [1.165, 1.54) is 25.3 Å². The van der Waals surface area contributed by atoms with E-state index in [0.717, 1.165) is 5.56 Å². The smallest absolute Gasteiger partial charge is 0.271 e. The van der Waals surface area contributed by atoms with Crippen LogP contribution in [0.25, 0.3) is 0 Å². The second-order valence-electron chi connectivity index (χ2n) is 6.18. The lowest BCUT2D eigenvalue weighted by molar-refractivity contribution is -0.384. The number of nitro benzene ring substituents is 1. The van der Waals surface area contributed by atoms with E-state index in [9.17, 15) is 14.9 Å². The maximum atomic E-state index is 12.7. The van der Waals surface area contributed by atoms with Crippen molar-refractivity contribution in [3.8, 4) is 11.5 Å². The normalized spacial score (nSPS) is 11.8. The van der Waals surface area contributed by atoms with Gasteiger partial charge in [-0.1, -0.05) is 11.6 Å². The first-order valence-electron chi connectivity index (χ1n) is 8.42. The third-order valence-electron chi connectivity index (χ3n) is 4.35. The highest BCUT2D eigenvalue weighted by molar-refractivity contribution is 6.30. The highest BCUT2D eigenvalue weighted by Crippen LogP contribution is 2.29. The second-order valence-corrected chi connectivity index (χ2v) is 6.61. The number of nitro groups is 1. The number of methoxy groups -OCH3 is 2. The molecule has 8 nitrogen and oxygen atoms in total. The summed E-state index contributed by atoms with van der Waals surface area (Å²) in [6.07, 6.45) is 0. The van der Waals surface area contributed by atoms with E-state index < -0.39 is 11.0 Å². The fourth-order valence-electron chi connectivity index (χ4n) is 2.62. The zero-order valence-electron chi connectivity index (χ0n) is 16.1. The SMILES string of the molecule is COc1ccc(Cl)cc1CN(C)[C@H](C)C(=O)Nc1cc([N+](=O)[O-])ccc1OC. The molecule has 0 bridgehead atoms. The topological polar surface area (TPSA) is 93.9 Å². The van der Waals surface area contributed by atoms with Crippen LogP contribution >= 0.6 is 11.6 Å². The average molecular weight is 408 g/mol. The van der Waals surface area contributed by atoms with E-state index in [1.54, 1.807) is 39.3 Å². The minimum absolute atomic E-state index is 0.138. The van der Waals surface area contributed by atoms with Crippen molar-refractivity contribution < 1.29 is 19.2 Å². The van der Waals surface area contributed by atoms with E-state index in [0.29, 0.717) is 23.1 Å². The first-order chi connectivity index (χ1) is 13.3. The van der Waals surface area contributed by atoms with Crippen LogP contribution in [0.1, 0.15) is 12.5 Å². The number of benzene rings is 2. The molecule has 0 heterocycles. The minimum Gasteiger partial charge on any atom is -0.496 e. The van der Waals surface area contributed by atoms with Gasteiger partial charge >= 0.3 is 0 Å². The maximum Gasteiger partial charge on any atom is 0.271 e. The van der Waals surface area contributed by atoms with Crippen LogP contribution in [-0.2, 0) is 11.3 Å². The predicted octanol–water partition coefficient (Wildman–Crippen LogP) is 3.72. The van der Waals surface area contributed by atoms with Crippen molar-refractivity contribution in [3.63, 3.8) is 0 Å². The molecule has 2 rings (SSSR count). The molecule has 2 aromatic rings. The van der Waals surface area contributed by atoms with Crippen molar-refractivity contribution in [1.29, 1.82) is 0 Å². The van der Waals surface area contributed by atoms with Gasteiger partial charge in [-0.05, 0) is 38.2 Å². The van der Waals surface area contributed by atoms with Crippen LogP contribution in [0.5, 0.6) is 11.5 Å². The molecule has 1 atom stereocenters. The van der Waals surface area contributed by atoms with Gasteiger partial charge in [-0.3, -0.25) is 19.8 Å². The lowest BCUT2D eigenvalue weighted by Crippen LogP contribution is -2.39. The van der Waals surface area contributed by atoms with Gasteiger partial charge in [0.1, 0.15) is 11.5 Å². The van der Waals surface area contributed by atoms with Crippen molar-refractivity contribution in [2.24, 2.45) is 0 Å². The summed E-state index contributed by atoms with van der Waals surface area (Å²) in [5.41, 5.74) is 0.938. The quantitative estimate of drug-likeness (QED) is 0.529. The van der Waals surface area contributed by atoms with Gasteiger partial charge in [0.05, 0.1) is 30.9 Å². The molecule has 0 saturated carbocycles. The maximum absolute atomic E-state index is 12.7. The van der Waals surface area contributed by atoms with Gasteiger partial charge in [0, 0.05) is 29.3 Å². The Hall–Kier alpha value is -2.84. The van der Waals surface area contributed by atoms with E-state index in [2.05, 4.69) is 5.32 Å². The third-order valence-corrected chi connectivity index (χ3v) is 4.59. The molecule has 0 aliphatic rings. The Morgan fingerprint density at radius 1 is 1.21 bits per heavy atom. The van der Waals surface area contributed by atoms with Crippen LogP contribution < -0.4 is 14.8 Å². The molecule has 0 radical (unpaired) electrons. The van der Waals surface area contributed by atoms with Crippen LogP contribution in [0.2, 0.25) is 5.02 Å². The van der Waals surface area contributed by atoms with Crippen LogP contribution in [-0.4, -0.2) is 43.0 Å². The first kappa shape index (κ1) is 21.5. The standard InChI is InChI=1S/C19H22ClN3O5/c1-12(22(2)11-13-9-14(20)5-7-17(13)27-3)19(24)21-16-10-15(23(25)26)6-8-18(16)28-4/h5-10,12H,11H2,1-4H3,(H,21,24)/t12-/m1/s1. The first-order valence-corrected chi connectivity index (χ1v) is 8.80. The van der Waals surface area contributed by atoms with E-state index in [1.807, 2.05) is 4.90 Å². The van der Waals surface area contributed by atoms with E-state index in [4.69, 9.17) is 21.1 Å². The van der Waals surface area contributed by atoms with Crippen molar-refractivity contribution >= 4 is 28.9 Å². The summed E-state index contributed by atoms with van der Waals surface area (Å²) in [6, 6.07) is 8.77. The molecule has 1 N–H and O–H groups in total. The Labute approximate surface area is 168 Å². The van der Waals surface area contributed by atoms with Gasteiger partial charge in [-0.15, -0.1) is 0 Å². The third kappa shape index (κ3) is 5.11. The number of likely N-dealkylation sites (N-methyl/N-ethyl adjacent to an activating group) is 1. The highest BCUT2D eigenvalue weighted by atomic mass is 35.5. The largest absolute Gasteiger partial charge is 0.496 e. The Kier molecular flexibility index (Phi) is 7.19. The van der Waals surface area contributed by atoms with Gasteiger partial charge in [0.25, 0.3) is 5.69 Å². The van der Waals surface area contributed by atoms with Gasteiger partial charge in [-0.2, -0.15) is 0 Å². The molecule has 0 saturated heterocycles. The summed E-state index contributed by atoms with van der Waals surface area (Å²) < 4.78 is 10.5. The molecular weight excluding hydrogens is 386 g/mol. The molecule has 0 spiro atoms. The second kappa shape index (κ2) is 9.38. The number of non-ortho nitro benzene ring substituents is 1. The molecule has 28 heavy (non-hydrogen) atoms. The Morgan fingerprint density at radius 3 is 2.46 bits per heavy atom. The average Bonchev–Trinajstić information content (AvgIpc) is 2.67. The molecule has 9 heteroatoms. The van der Waals surface area contributed by atoms with Crippen LogP contribution in [0.15, 0.2) is 36.4 Å². The Bertz CT molecular complexity index is 875. The van der Waals surface area contributed by atoms with Gasteiger partial charge < -0.3 is 14.8 Å². The summed E-state index contributed by atoms with van der Waals surface area (Å²) in [6.45, 7) is 2.15. The van der Waals surface area contributed by atoms with Crippen LogP contribution in [0.4, 0.5) is 11.4 Å².